The average molecular weight is 383 g/mol. The van der Waals surface area contributed by atoms with Gasteiger partial charge < -0.3 is 0 Å². The second-order valence-corrected chi connectivity index (χ2v) is 10.2. The van der Waals surface area contributed by atoms with Crippen molar-refractivity contribution in [3.63, 3.8) is 0 Å². The molecular weight excluding hydrogens is 336 g/mol. The summed E-state index contributed by atoms with van der Waals surface area (Å²) in [6.45, 7) is 4.70. The topological polar surface area (TPSA) is 0 Å². The third-order valence-corrected chi connectivity index (χ3v) is 8.24. The van der Waals surface area contributed by atoms with E-state index in [1.165, 1.54) is 102 Å². The van der Waals surface area contributed by atoms with Crippen LogP contribution >= 0.6 is 0 Å². The van der Waals surface area contributed by atoms with Crippen LogP contribution in [-0.2, 0) is 12.8 Å². The Morgan fingerprint density at radius 1 is 0.750 bits per heavy atom. The standard InChI is InChI=1S/C28H46/c1-3-5-7-10-24-11-13-25(14-12-24)15-16-26-17-19-27(20-18-26)28(21-4-2)22-8-6-9-23-28/h11-14,26-27H,3-10,15-23H2,1-2H3/t26-,27-. The van der Waals surface area contributed by atoms with Crippen LogP contribution in [0.25, 0.3) is 0 Å². The minimum atomic E-state index is 0.742. The predicted molar refractivity (Wildman–Crippen MR) is 124 cm³/mol. The second-order valence-electron chi connectivity index (χ2n) is 10.2. The molecule has 28 heavy (non-hydrogen) atoms. The van der Waals surface area contributed by atoms with Crippen molar-refractivity contribution in [2.24, 2.45) is 17.3 Å². The highest BCUT2D eigenvalue weighted by Crippen LogP contribution is 2.52. The van der Waals surface area contributed by atoms with Crippen LogP contribution in [0.15, 0.2) is 24.3 Å². The zero-order chi connectivity index (χ0) is 19.7. The van der Waals surface area contributed by atoms with Crippen molar-refractivity contribution in [3.8, 4) is 0 Å². The van der Waals surface area contributed by atoms with Gasteiger partial charge >= 0.3 is 0 Å². The van der Waals surface area contributed by atoms with Crippen LogP contribution in [0.5, 0.6) is 0 Å². The number of rotatable bonds is 10. The molecule has 2 fully saturated rings. The van der Waals surface area contributed by atoms with Gasteiger partial charge in [0, 0.05) is 0 Å². The highest BCUT2D eigenvalue weighted by atomic mass is 14.4. The lowest BCUT2D eigenvalue weighted by atomic mass is 9.59. The number of hydrogen-bond acceptors (Lipinski definition) is 0. The molecule has 1 aromatic rings. The summed E-state index contributed by atoms with van der Waals surface area (Å²) in [4.78, 5) is 0. The Labute approximate surface area is 175 Å². The van der Waals surface area contributed by atoms with Gasteiger partial charge in [-0.3, -0.25) is 0 Å². The van der Waals surface area contributed by atoms with E-state index in [1.54, 1.807) is 18.4 Å². The maximum Gasteiger partial charge on any atom is -0.0269 e. The van der Waals surface area contributed by atoms with Gasteiger partial charge in [-0.15, -0.1) is 0 Å². The summed E-state index contributed by atoms with van der Waals surface area (Å²) in [5.41, 5.74) is 3.84. The fraction of sp³-hybridized carbons (Fsp3) is 0.786. The first kappa shape index (κ1) is 21.9. The molecule has 0 atom stereocenters. The van der Waals surface area contributed by atoms with Crippen molar-refractivity contribution >= 4 is 0 Å². The van der Waals surface area contributed by atoms with Gasteiger partial charge in [-0.2, -0.15) is 0 Å². The summed E-state index contributed by atoms with van der Waals surface area (Å²) in [7, 11) is 0. The molecule has 0 amide bonds. The third-order valence-electron chi connectivity index (χ3n) is 8.24. The third kappa shape index (κ3) is 6.11. The van der Waals surface area contributed by atoms with Gasteiger partial charge in [0.05, 0.1) is 0 Å². The van der Waals surface area contributed by atoms with E-state index in [9.17, 15) is 0 Å². The Hall–Kier alpha value is -0.780. The molecule has 0 N–H and O–H groups in total. The second kappa shape index (κ2) is 11.4. The van der Waals surface area contributed by atoms with Crippen LogP contribution in [0.2, 0.25) is 0 Å². The molecule has 3 rings (SSSR count). The Morgan fingerprint density at radius 2 is 1.39 bits per heavy atom. The fourth-order valence-corrected chi connectivity index (χ4v) is 6.50. The van der Waals surface area contributed by atoms with Gasteiger partial charge in [0.2, 0.25) is 0 Å². The molecule has 158 valence electrons. The molecule has 0 aromatic heterocycles. The van der Waals surface area contributed by atoms with E-state index in [0.717, 1.165) is 17.3 Å². The Bertz CT molecular complexity index is 520. The van der Waals surface area contributed by atoms with Crippen LogP contribution in [-0.4, -0.2) is 0 Å². The zero-order valence-corrected chi connectivity index (χ0v) is 19.0. The van der Waals surface area contributed by atoms with Crippen molar-refractivity contribution in [2.75, 3.05) is 0 Å². The van der Waals surface area contributed by atoms with Gasteiger partial charge in [-0.05, 0) is 86.2 Å². The molecule has 0 heterocycles. The Morgan fingerprint density at radius 3 is 2.00 bits per heavy atom. The summed E-state index contributed by atoms with van der Waals surface area (Å²) in [6, 6.07) is 9.59. The highest BCUT2D eigenvalue weighted by Gasteiger charge is 2.40. The first-order chi connectivity index (χ1) is 13.8. The molecule has 0 unspecified atom stereocenters. The normalized spacial score (nSPS) is 24.9. The van der Waals surface area contributed by atoms with Crippen molar-refractivity contribution in [1.29, 1.82) is 0 Å². The Balaban J connectivity index is 1.41. The average Bonchev–Trinajstić information content (AvgIpc) is 2.75. The largest absolute Gasteiger partial charge is 0.0654 e. The number of aryl methyl sites for hydroxylation is 2. The van der Waals surface area contributed by atoms with Crippen molar-refractivity contribution in [1.82, 2.24) is 0 Å². The molecule has 0 saturated heterocycles. The highest BCUT2D eigenvalue weighted by molar-refractivity contribution is 5.22. The van der Waals surface area contributed by atoms with Gasteiger partial charge in [-0.25, -0.2) is 0 Å². The number of benzene rings is 1. The quantitative estimate of drug-likeness (QED) is 0.354. The Kier molecular flexibility index (Phi) is 8.94. The van der Waals surface area contributed by atoms with E-state index < -0.39 is 0 Å². The first-order valence-electron chi connectivity index (χ1n) is 12.8. The van der Waals surface area contributed by atoms with E-state index in [4.69, 9.17) is 0 Å². The number of unbranched alkanes of at least 4 members (excludes halogenated alkanes) is 2. The molecule has 1 aromatic carbocycles. The smallest absolute Gasteiger partial charge is 0.0269 e. The molecule has 2 saturated carbocycles. The maximum atomic E-state index is 2.41. The molecule has 2 aliphatic rings. The van der Waals surface area contributed by atoms with Crippen LogP contribution in [0, 0.1) is 17.3 Å². The molecule has 0 radical (unpaired) electrons. The van der Waals surface area contributed by atoms with E-state index in [2.05, 4.69) is 38.1 Å². The van der Waals surface area contributed by atoms with E-state index in [1.807, 2.05) is 0 Å². The van der Waals surface area contributed by atoms with E-state index in [-0.39, 0.29) is 0 Å². The van der Waals surface area contributed by atoms with Crippen molar-refractivity contribution in [2.45, 2.75) is 123 Å². The molecule has 0 bridgehead atoms. The molecule has 0 aliphatic heterocycles. The molecule has 2 aliphatic carbocycles. The number of hydrogen-bond donors (Lipinski definition) is 0. The van der Waals surface area contributed by atoms with Crippen LogP contribution in [0.3, 0.4) is 0 Å². The maximum absolute atomic E-state index is 2.41. The van der Waals surface area contributed by atoms with Crippen LogP contribution in [0.4, 0.5) is 0 Å². The monoisotopic (exact) mass is 382 g/mol. The SMILES string of the molecule is CCCCCc1ccc(CC[C@H]2CC[C@H](C3(CCC)CCCCC3)CC2)cc1. The van der Waals surface area contributed by atoms with Crippen molar-refractivity contribution in [3.05, 3.63) is 35.4 Å². The molecule has 0 nitrogen and oxygen atoms in total. The molecule has 0 spiro atoms. The van der Waals surface area contributed by atoms with Gasteiger partial charge in [0.1, 0.15) is 0 Å². The van der Waals surface area contributed by atoms with Crippen LogP contribution < -0.4 is 0 Å². The lowest BCUT2D eigenvalue weighted by Gasteiger charge is -2.47. The predicted octanol–water partition coefficient (Wildman–Crippen LogP) is 8.91. The van der Waals surface area contributed by atoms with Gasteiger partial charge in [0.15, 0.2) is 0 Å². The van der Waals surface area contributed by atoms with Gasteiger partial charge in [0.25, 0.3) is 0 Å². The summed E-state index contributed by atoms with van der Waals surface area (Å²) < 4.78 is 0. The van der Waals surface area contributed by atoms with E-state index >= 15 is 0 Å². The minimum Gasteiger partial charge on any atom is -0.0654 e. The first-order valence-corrected chi connectivity index (χ1v) is 12.8. The van der Waals surface area contributed by atoms with Crippen molar-refractivity contribution < 1.29 is 0 Å². The summed E-state index contributed by atoms with van der Waals surface area (Å²) >= 11 is 0. The van der Waals surface area contributed by atoms with Gasteiger partial charge in [-0.1, -0.05) is 89.5 Å². The van der Waals surface area contributed by atoms with Crippen LogP contribution in [0.1, 0.15) is 121 Å². The summed E-state index contributed by atoms with van der Waals surface area (Å²) in [5, 5.41) is 0. The molecule has 0 heteroatoms. The lowest BCUT2D eigenvalue weighted by molar-refractivity contribution is 0.0445. The van der Waals surface area contributed by atoms with E-state index in [0.29, 0.717) is 0 Å². The molecular formula is C28H46. The minimum absolute atomic E-state index is 0.742. The fourth-order valence-electron chi connectivity index (χ4n) is 6.50. The lowest BCUT2D eigenvalue weighted by Crippen LogP contribution is -2.35. The summed E-state index contributed by atoms with van der Waals surface area (Å²) in [5.74, 6) is 2.04. The summed E-state index contributed by atoms with van der Waals surface area (Å²) in [6.07, 6.45) is 24.6. The zero-order valence-electron chi connectivity index (χ0n) is 19.0.